The van der Waals surface area contributed by atoms with Crippen molar-refractivity contribution in [1.29, 1.82) is 0 Å². The van der Waals surface area contributed by atoms with E-state index < -0.39 is 0 Å². The predicted molar refractivity (Wildman–Crippen MR) is 102 cm³/mol. The predicted octanol–water partition coefficient (Wildman–Crippen LogP) is 3.64. The standard InChI is InChI=1S/C19H26INO3/c1-13-8-15(20)9-14(2)16(13)10-18(22)21-19(6-4-3-5-7-19)17-11-23-12-24-17/h8-9,17H,3-7,10-12H2,1-2H3,(H,21,22). The van der Waals surface area contributed by atoms with Crippen molar-refractivity contribution in [3.05, 3.63) is 32.4 Å². The molecule has 24 heavy (non-hydrogen) atoms. The Kier molecular flexibility index (Phi) is 5.82. The smallest absolute Gasteiger partial charge is 0.224 e. The van der Waals surface area contributed by atoms with E-state index in [2.05, 4.69) is 53.9 Å². The molecule has 1 N–H and O–H groups in total. The molecule has 0 bridgehead atoms. The maximum absolute atomic E-state index is 12.8. The SMILES string of the molecule is Cc1cc(I)cc(C)c1CC(=O)NC1(C2COCO2)CCCCC1. The maximum Gasteiger partial charge on any atom is 0.224 e. The summed E-state index contributed by atoms with van der Waals surface area (Å²) in [6.45, 7) is 5.10. The molecule has 1 aliphatic carbocycles. The number of ether oxygens (including phenoxy) is 2. The molecular weight excluding hydrogens is 417 g/mol. The van der Waals surface area contributed by atoms with Crippen LogP contribution in [-0.2, 0) is 20.7 Å². The van der Waals surface area contributed by atoms with Gasteiger partial charge in [-0.25, -0.2) is 0 Å². The van der Waals surface area contributed by atoms with Gasteiger partial charge < -0.3 is 14.8 Å². The lowest BCUT2D eigenvalue weighted by atomic mass is 9.77. The molecule has 2 aliphatic rings. The maximum atomic E-state index is 12.8. The van der Waals surface area contributed by atoms with Crippen LogP contribution in [0.15, 0.2) is 12.1 Å². The Morgan fingerprint density at radius 1 is 1.25 bits per heavy atom. The van der Waals surface area contributed by atoms with Crippen molar-refractivity contribution < 1.29 is 14.3 Å². The molecule has 5 heteroatoms. The molecule has 1 unspecified atom stereocenters. The Morgan fingerprint density at radius 3 is 2.50 bits per heavy atom. The van der Waals surface area contributed by atoms with Crippen molar-refractivity contribution in [2.24, 2.45) is 0 Å². The van der Waals surface area contributed by atoms with Crippen molar-refractivity contribution >= 4 is 28.5 Å². The molecule has 132 valence electrons. The summed E-state index contributed by atoms with van der Waals surface area (Å²) in [5, 5.41) is 3.35. The molecule has 0 spiro atoms. The number of carbonyl (C=O) groups is 1. The first-order chi connectivity index (χ1) is 11.5. The number of hydrogen-bond donors (Lipinski definition) is 1. The van der Waals surface area contributed by atoms with Gasteiger partial charge in [0.05, 0.1) is 18.6 Å². The molecular formula is C19H26INO3. The summed E-state index contributed by atoms with van der Waals surface area (Å²) in [6.07, 6.45) is 5.91. The van der Waals surface area contributed by atoms with Crippen LogP contribution >= 0.6 is 22.6 Å². The van der Waals surface area contributed by atoms with Crippen molar-refractivity contribution in [3.63, 3.8) is 0 Å². The number of rotatable bonds is 4. The Hall–Kier alpha value is -0.660. The Balaban J connectivity index is 1.74. The van der Waals surface area contributed by atoms with Crippen LogP contribution < -0.4 is 5.32 Å². The molecule has 1 aliphatic heterocycles. The zero-order valence-electron chi connectivity index (χ0n) is 14.5. The second-order valence-corrected chi connectivity index (χ2v) is 8.35. The van der Waals surface area contributed by atoms with E-state index in [4.69, 9.17) is 9.47 Å². The van der Waals surface area contributed by atoms with Crippen LogP contribution in [0.25, 0.3) is 0 Å². The summed E-state index contributed by atoms with van der Waals surface area (Å²) in [5.41, 5.74) is 3.26. The lowest BCUT2D eigenvalue weighted by molar-refractivity contribution is -0.125. The fourth-order valence-corrected chi connectivity index (χ4v) is 5.00. The average Bonchev–Trinajstić information content (AvgIpc) is 3.07. The zero-order valence-corrected chi connectivity index (χ0v) is 16.6. The van der Waals surface area contributed by atoms with E-state index in [1.54, 1.807) is 0 Å². The normalized spacial score (nSPS) is 23.2. The fraction of sp³-hybridized carbons (Fsp3) is 0.632. The molecule has 1 aromatic rings. The fourth-order valence-electron chi connectivity index (χ4n) is 4.06. The number of carbonyl (C=O) groups excluding carboxylic acids is 1. The van der Waals surface area contributed by atoms with Crippen LogP contribution in [0.3, 0.4) is 0 Å². The summed E-state index contributed by atoms with van der Waals surface area (Å²) in [7, 11) is 0. The molecule has 1 heterocycles. The second-order valence-electron chi connectivity index (χ2n) is 7.10. The highest BCUT2D eigenvalue weighted by atomic mass is 127. The van der Waals surface area contributed by atoms with Gasteiger partial charge in [-0.1, -0.05) is 19.3 Å². The Labute approximate surface area is 157 Å². The number of amides is 1. The Morgan fingerprint density at radius 2 is 1.92 bits per heavy atom. The van der Waals surface area contributed by atoms with Crippen molar-refractivity contribution in [3.8, 4) is 0 Å². The Bertz CT molecular complexity index is 582. The third-order valence-corrected chi connectivity index (χ3v) is 5.99. The number of hydrogen-bond acceptors (Lipinski definition) is 3. The molecule has 3 rings (SSSR count). The van der Waals surface area contributed by atoms with E-state index in [1.165, 1.54) is 21.1 Å². The minimum absolute atomic E-state index is 0.0133. The van der Waals surface area contributed by atoms with Gasteiger partial charge in [0, 0.05) is 3.57 Å². The van der Waals surface area contributed by atoms with Gasteiger partial charge in [0.2, 0.25) is 5.91 Å². The van der Waals surface area contributed by atoms with Crippen LogP contribution in [-0.4, -0.2) is 30.9 Å². The first-order valence-electron chi connectivity index (χ1n) is 8.76. The molecule has 1 saturated carbocycles. The van der Waals surface area contributed by atoms with Gasteiger partial charge in [0.1, 0.15) is 12.9 Å². The van der Waals surface area contributed by atoms with Gasteiger partial charge in [-0.15, -0.1) is 0 Å². The van der Waals surface area contributed by atoms with E-state index in [9.17, 15) is 4.79 Å². The summed E-state index contributed by atoms with van der Waals surface area (Å²) < 4.78 is 12.4. The molecule has 1 atom stereocenters. The zero-order chi connectivity index (χ0) is 17.2. The van der Waals surface area contributed by atoms with E-state index >= 15 is 0 Å². The van der Waals surface area contributed by atoms with Crippen molar-refractivity contribution in [2.45, 2.75) is 64.0 Å². The lowest BCUT2D eigenvalue weighted by Crippen LogP contribution is -2.58. The van der Waals surface area contributed by atoms with Gasteiger partial charge in [0.15, 0.2) is 0 Å². The van der Waals surface area contributed by atoms with Gasteiger partial charge in [-0.2, -0.15) is 0 Å². The number of benzene rings is 1. The van der Waals surface area contributed by atoms with E-state index in [0.29, 0.717) is 19.8 Å². The molecule has 1 saturated heterocycles. The molecule has 4 nitrogen and oxygen atoms in total. The van der Waals surface area contributed by atoms with Crippen molar-refractivity contribution in [2.75, 3.05) is 13.4 Å². The lowest BCUT2D eigenvalue weighted by Gasteiger charge is -2.41. The monoisotopic (exact) mass is 443 g/mol. The number of nitrogens with one attached hydrogen (secondary N) is 1. The summed E-state index contributed by atoms with van der Waals surface area (Å²) in [6, 6.07) is 4.28. The quantitative estimate of drug-likeness (QED) is 0.723. The van der Waals surface area contributed by atoms with Crippen molar-refractivity contribution in [1.82, 2.24) is 5.32 Å². The summed E-state index contributed by atoms with van der Waals surface area (Å²) in [4.78, 5) is 12.8. The van der Waals surface area contributed by atoms with Gasteiger partial charge in [-0.3, -0.25) is 4.79 Å². The van der Waals surface area contributed by atoms with Crippen LogP contribution in [0, 0.1) is 17.4 Å². The highest BCUT2D eigenvalue weighted by molar-refractivity contribution is 14.1. The molecule has 0 radical (unpaired) electrons. The van der Waals surface area contributed by atoms with Crippen LogP contribution in [0.1, 0.15) is 48.8 Å². The second kappa shape index (κ2) is 7.70. The van der Waals surface area contributed by atoms with Crippen LogP contribution in [0.4, 0.5) is 0 Å². The largest absolute Gasteiger partial charge is 0.353 e. The van der Waals surface area contributed by atoms with Gasteiger partial charge in [0.25, 0.3) is 0 Å². The molecule has 0 aromatic heterocycles. The summed E-state index contributed by atoms with van der Waals surface area (Å²) in [5.74, 6) is 0.0970. The van der Waals surface area contributed by atoms with E-state index in [1.807, 2.05) is 0 Å². The van der Waals surface area contributed by atoms with Crippen LogP contribution in [0.2, 0.25) is 0 Å². The summed E-state index contributed by atoms with van der Waals surface area (Å²) >= 11 is 2.32. The first kappa shape index (κ1) is 18.1. The molecule has 2 fully saturated rings. The molecule has 1 aromatic carbocycles. The highest BCUT2D eigenvalue weighted by Gasteiger charge is 2.43. The highest BCUT2D eigenvalue weighted by Crippen LogP contribution is 2.34. The number of aryl methyl sites for hydroxylation is 2. The molecule has 1 amide bonds. The topological polar surface area (TPSA) is 47.6 Å². The first-order valence-corrected chi connectivity index (χ1v) is 9.84. The minimum atomic E-state index is -0.253. The third kappa shape index (κ3) is 3.94. The number of halogens is 1. The van der Waals surface area contributed by atoms with Gasteiger partial charge in [-0.05, 0) is 78.1 Å². The van der Waals surface area contributed by atoms with Crippen LogP contribution in [0.5, 0.6) is 0 Å². The average molecular weight is 443 g/mol. The van der Waals surface area contributed by atoms with Gasteiger partial charge >= 0.3 is 0 Å². The third-order valence-electron chi connectivity index (χ3n) is 5.37. The minimum Gasteiger partial charge on any atom is -0.353 e. The van der Waals surface area contributed by atoms with E-state index in [0.717, 1.165) is 31.2 Å². The van der Waals surface area contributed by atoms with E-state index in [-0.39, 0.29) is 17.6 Å².